The number of piperazine rings is 1. The number of piperidine rings is 1. The lowest BCUT2D eigenvalue weighted by molar-refractivity contribution is -0.141. The van der Waals surface area contributed by atoms with E-state index in [2.05, 4.69) is 35.9 Å². The van der Waals surface area contributed by atoms with Gasteiger partial charge in [0, 0.05) is 32.1 Å². The van der Waals surface area contributed by atoms with Crippen LogP contribution in [-0.2, 0) is 11.0 Å². The molecule has 196 valence electrons. The molecule has 0 radical (unpaired) electrons. The maximum absolute atomic E-state index is 13.5. The Hall–Kier alpha value is -2.38. The number of alkyl halides is 3. The maximum Gasteiger partial charge on any atom is 0.416 e. The molecule has 1 N–H and O–H groups in total. The van der Waals surface area contributed by atoms with E-state index in [1.165, 1.54) is 12.1 Å². The van der Waals surface area contributed by atoms with E-state index in [1.54, 1.807) is 12.1 Å². The van der Waals surface area contributed by atoms with E-state index in [9.17, 15) is 18.0 Å². The van der Waals surface area contributed by atoms with Crippen molar-refractivity contribution in [2.45, 2.75) is 58.3 Å². The van der Waals surface area contributed by atoms with Crippen LogP contribution in [0.5, 0.6) is 0 Å². The van der Waals surface area contributed by atoms with E-state index < -0.39 is 11.7 Å². The predicted octanol–water partition coefficient (Wildman–Crippen LogP) is 5.74. The van der Waals surface area contributed by atoms with Crippen LogP contribution in [0, 0.1) is 11.3 Å². The van der Waals surface area contributed by atoms with Gasteiger partial charge in [0.05, 0.1) is 11.6 Å². The van der Waals surface area contributed by atoms with Gasteiger partial charge in [0.25, 0.3) is 0 Å². The first-order valence-electron chi connectivity index (χ1n) is 13.0. The first-order chi connectivity index (χ1) is 17.0. The molecule has 2 aromatic carbocycles. The van der Waals surface area contributed by atoms with Crippen molar-refractivity contribution in [2.24, 2.45) is 11.3 Å². The van der Waals surface area contributed by atoms with Gasteiger partial charge in [-0.25, -0.2) is 0 Å². The molecule has 0 spiro atoms. The molecule has 1 amide bonds. The number of rotatable bonds is 5. The van der Waals surface area contributed by atoms with Gasteiger partial charge >= 0.3 is 6.18 Å². The molecule has 0 aromatic heterocycles. The highest BCUT2D eigenvalue weighted by molar-refractivity contribution is 5.77. The molecule has 2 saturated heterocycles. The number of hydrogen-bond acceptors (Lipinski definition) is 3. The van der Waals surface area contributed by atoms with Gasteiger partial charge in [-0.05, 0) is 60.5 Å². The smallest absolute Gasteiger partial charge is 0.337 e. The van der Waals surface area contributed by atoms with E-state index in [4.69, 9.17) is 0 Å². The maximum atomic E-state index is 13.5. The minimum atomic E-state index is -4.36. The number of nitrogens with one attached hydrogen (secondary N) is 1. The minimum absolute atomic E-state index is 0.0149. The third kappa shape index (κ3) is 6.30. The van der Waals surface area contributed by atoms with Gasteiger partial charge in [-0.3, -0.25) is 9.69 Å². The molecule has 0 bridgehead atoms. The standard InChI is InChI=1S/C29H38F3N3O/c1-28(2,3)25-20-34(17-18-35(25)26(36)19-21-13-15-33-16-14-21)27(22-7-5-4-6-8-22)23-9-11-24(12-10-23)29(30,31)32/h4-12,21,25,27,33H,13-20H2,1-3H3/t25-,27?/m1/s1. The van der Waals surface area contributed by atoms with Crippen LogP contribution in [-0.4, -0.2) is 54.5 Å². The molecule has 7 heteroatoms. The number of carbonyl (C=O) groups is 1. The van der Waals surface area contributed by atoms with Crippen molar-refractivity contribution < 1.29 is 18.0 Å². The summed E-state index contributed by atoms with van der Waals surface area (Å²) in [5.41, 5.74) is 1.10. The molecule has 2 atom stereocenters. The first kappa shape index (κ1) is 26.7. The van der Waals surface area contributed by atoms with E-state index in [-0.39, 0.29) is 23.4 Å². The highest BCUT2D eigenvalue weighted by Crippen LogP contribution is 2.37. The van der Waals surface area contributed by atoms with Crippen LogP contribution in [0.25, 0.3) is 0 Å². The zero-order valence-electron chi connectivity index (χ0n) is 21.5. The summed E-state index contributed by atoms with van der Waals surface area (Å²) in [6.07, 6.45) is -1.69. The molecule has 1 unspecified atom stereocenters. The van der Waals surface area contributed by atoms with Crippen molar-refractivity contribution in [3.8, 4) is 0 Å². The number of benzene rings is 2. The molecule has 4 nitrogen and oxygen atoms in total. The molecule has 2 aliphatic rings. The molecule has 2 aromatic rings. The summed E-state index contributed by atoms with van der Waals surface area (Å²) < 4.78 is 39.6. The highest BCUT2D eigenvalue weighted by atomic mass is 19.4. The quantitative estimate of drug-likeness (QED) is 0.567. The molecule has 2 aliphatic heterocycles. The van der Waals surface area contributed by atoms with Crippen LogP contribution in [0.2, 0.25) is 0 Å². The van der Waals surface area contributed by atoms with Gasteiger partial charge in [0.15, 0.2) is 0 Å². The predicted molar refractivity (Wildman–Crippen MR) is 136 cm³/mol. The number of amides is 1. The van der Waals surface area contributed by atoms with Crippen molar-refractivity contribution in [2.75, 3.05) is 32.7 Å². The van der Waals surface area contributed by atoms with E-state index in [1.807, 2.05) is 30.3 Å². The number of carbonyl (C=O) groups excluding carboxylic acids is 1. The van der Waals surface area contributed by atoms with E-state index in [0.717, 1.165) is 37.1 Å². The summed E-state index contributed by atoms with van der Waals surface area (Å²) in [4.78, 5) is 17.9. The van der Waals surface area contributed by atoms with Crippen molar-refractivity contribution in [3.05, 3.63) is 71.3 Å². The molecule has 2 heterocycles. The van der Waals surface area contributed by atoms with Crippen LogP contribution in [0.1, 0.15) is 62.8 Å². The van der Waals surface area contributed by atoms with Gasteiger partial charge in [-0.1, -0.05) is 63.2 Å². The number of halogens is 3. The van der Waals surface area contributed by atoms with Crippen molar-refractivity contribution >= 4 is 5.91 Å². The SMILES string of the molecule is CC(C)(C)[C@H]1CN(C(c2ccccc2)c2ccc(C(F)(F)F)cc2)CCN1C(=O)CC1CCNCC1. The zero-order valence-corrected chi connectivity index (χ0v) is 21.5. The Balaban J connectivity index is 1.59. The molecule has 0 aliphatic carbocycles. The highest BCUT2D eigenvalue weighted by Gasteiger charge is 2.40. The Morgan fingerprint density at radius 2 is 1.56 bits per heavy atom. The van der Waals surface area contributed by atoms with Gasteiger partial charge in [-0.15, -0.1) is 0 Å². The largest absolute Gasteiger partial charge is 0.416 e. The fourth-order valence-corrected chi connectivity index (χ4v) is 5.63. The van der Waals surface area contributed by atoms with Gasteiger partial charge in [0.1, 0.15) is 0 Å². The fraction of sp³-hybridized carbons (Fsp3) is 0.552. The van der Waals surface area contributed by atoms with Crippen LogP contribution >= 0.6 is 0 Å². The fourth-order valence-electron chi connectivity index (χ4n) is 5.63. The normalized spacial score (nSPS) is 21.4. The molecule has 36 heavy (non-hydrogen) atoms. The summed E-state index contributed by atoms with van der Waals surface area (Å²) in [5.74, 6) is 0.661. The van der Waals surface area contributed by atoms with Gasteiger partial charge in [0.2, 0.25) is 5.91 Å². The lowest BCUT2D eigenvalue weighted by Gasteiger charge is -2.49. The Morgan fingerprint density at radius 3 is 2.14 bits per heavy atom. The van der Waals surface area contributed by atoms with Crippen LogP contribution < -0.4 is 5.32 Å². The summed E-state index contributed by atoms with van der Waals surface area (Å²) in [6.45, 7) is 10.4. The summed E-state index contributed by atoms with van der Waals surface area (Å²) >= 11 is 0. The Bertz CT molecular complexity index is 995. The number of hydrogen-bond donors (Lipinski definition) is 1. The van der Waals surface area contributed by atoms with Crippen molar-refractivity contribution in [1.29, 1.82) is 0 Å². The number of nitrogens with zero attached hydrogens (tertiary/aromatic N) is 2. The lowest BCUT2D eigenvalue weighted by Crippen LogP contribution is -2.60. The topological polar surface area (TPSA) is 35.6 Å². The average Bonchev–Trinajstić information content (AvgIpc) is 2.85. The average molecular weight is 502 g/mol. The lowest BCUT2D eigenvalue weighted by atomic mass is 9.82. The monoisotopic (exact) mass is 501 g/mol. The molecular formula is C29H38F3N3O. The molecule has 2 fully saturated rings. The van der Waals surface area contributed by atoms with Crippen LogP contribution in [0.4, 0.5) is 13.2 Å². The second-order valence-electron chi connectivity index (χ2n) is 11.3. The van der Waals surface area contributed by atoms with E-state index >= 15 is 0 Å². The zero-order chi connectivity index (χ0) is 25.9. The third-order valence-corrected chi connectivity index (χ3v) is 7.69. The molecular weight excluding hydrogens is 463 g/mol. The van der Waals surface area contributed by atoms with Crippen LogP contribution in [0.15, 0.2) is 54.6 Å². The Labute approximate surface area is 212 Å². The van der Waals surface area contributed by atoms with Gasteiger partial charge in [-0.2, -0.15) is 13.2 Å². The Morgan fingerprint density at radius 1 is 0.944 bits per heavy atom. The van der Waals surface area contributed by atoms with Crippen LogP contribution in [0.3, 0.4) is 0 Å². The molecule has 4 rings (SSSR count). The second-order valence-corrected chi connectivity index (χ2v) is 11.3. The minimum Gasteiger partial charge on any atom is -0.337 e. The third-order valence-electron chi connectivity index (χ3n) is 7.69. The summed E-state index contributed by atoms with van der Waals surface area (Å²) in [7, 11) is 0. The van der Waals surface area contributed by atoms with Gasteiger partial charge < -0.3 is 10.2 Å². The van der Waals surface area contributed by atoms with Crippen molar-refractivity contribution in [1.82, 2.24) is 15.1 Å². The first-order valence-corrected chi connectivity index (χ1v) is 13.0. The van der Waals surface area contributed by atoms with E-state index in [0.29, 0.717) is 32.0 Å². The molecule has 0 saturated carbocycles. The summed E-state index contributed by atoms with van der Waals surface area (Å²) in [6, 6.07) is 15.3. The Kier molecular flexibility index (Phi) is 8.10. The summed E-state index contributed by atoms with van der Waals surface area (Å²) in [5, 5.41) is 3.37. The second kappa shape index (κ2) is 10.9. The van der Waals surface area contributed by atoms with Crippen molar-refractivity contribution in [3.63, 3.8) is 0 Å².